The fourth-order valence-corrected chi connectivity index (χ4v) is 1.08. The number of nitrogens with one attached hydrogen (secondary N) is 1. The SMILES string of the molecule is CC1(C)NC(C(=O)O)C1O. The van der Waals surface area contributed by atoms with Gasteiger partial charge in [0.2, 0.25) is 0 Å². The van der Waals surface area contributed by atoms with Crippen LogP contribution in [0.4, 0.5) is 0 Å². The van der Waals surface area contributed by atoms with Gasteiger partial charge in [0.15, 0.2) is 0 Å². The zero-order chi connectivity index (χ0) is 7.94. The molecule has 4 heteroatoms. The molecule has 1 fully saturated rings. The van der Waals surface area contributed by atoms with Gasteiger partial charge in [0.05, 0.1) is 6.10 Å². The standard InChI is InChI=1S/C6H11NO3/c1-6(2)4(8)3(7-6)5(9)10/h3-4,7-8H,1-2H3,(H,9,10). The Bertz CT molecular complexity index is 166. The second-order valence-electron chi connectivity index (χ2n) is 3.13. The van der Waals surface area contributed by atoms with E-state index in [0.717, 1.165) is 0 Å². The highest BCUT2D eigenvalue weighted by Crippen LogP contribution is 2.23. The Kier molecular flexibility index (Phi) is 1.45. The Morgan fingerprint density at radius 1 is 1.60 bits per heavy atom. The summed E-state index contributed by atoms with van der Waals surface area (Å²) in [6, 6.07) is -0.782. The van der Waals surface area contributed by atoms with E-state index in [2.05, 4.69) is 5.32 Å². The van der Waals surface area contributed by atoms with E-state index in [1.54, 1.807) is 13.8 Å². The van der Waals surface area contributed by atoms with Gasteiger partial charge in [-0.05, 0) is 13.8 Å². The summed E-state index contributed by atoms with van der Waals surface area (Å²) in [5, 5.41) is 20.3. The molecule has 2 atom stereocenters. The summed E-state index contributed by atoms with van der Waals surface area (Å²) >= 11 is 0. The molecule has 0 amide bonds. The first-order valence-electron chi connectivity index (χ1n) is 3.14. The van der Waals surface area contributed by atoms with Crippen molar-refractivity contribution >= 4 is 5.97 Å². The molecule has 1 saturated heterocycles. The minimum atomic E-state index is -0.994. The third-order valence-electron chi connectivity index (χ3n) is 1.85. The van der Waals surface area contributed by atoms with Crippen LogP contribution < -0.4 is 5.32 Å². The molecule has 1 aliphatic rings. The van der Waals surface area contributed by atoms with E-state index in [-0.39, 0.29) is 0 Å². The normalized spacial score (nSPS) is 36.7. The van der Waals surface area contributed by atoms with Gasteiger partial charge in [0.25, 0.3) is 0 Å². The summed E-state index contributed by atoms with van der Waals surface area (Å²) < 4.78 is 0. The minimum Gasteiger partial charge on any atom is -0.480 e. The highest BCUT2D eigenvalue weighted by molar-refractivity contribution is 5.76. The number of aliphatic hydroxyl groups is 1. The molecule has 1 aliphatic heterocycles. The van der Waals surface area contributed by atoms with Crippen molar-refractivity contribution in [2.45, 2.75) is 31.5 Å². The molecule has 0 aromatic heterocycles. The summed E-state index contributed by atoms with van der Waals surface area (Å²) in [4.78, 5) is 10.3. The monoisotopic (exact) mass is 145 g/mol. The predicted octanol–water partition coefficient (Wildman–Crippen LogP) is -0.818. The van der Waals surface area contributed by atoms with Crippen molar-refractivity contribution in [2.75, 3.05) is 0 Å². The number of carbonyl (C=O) groups is 1. The number of rotatable bonds is 1. The van der Waals surface area contributed by atoms with Crippen LogP contribution in [0.1, 0.15) is 13.8 Å². The van der Waals surface area contributed by atoms with Crippen LogP contribution in [-0.2, 0) is 4.79 Å². The van der Waals surface area contributed by atoms with Crippen LogP contribution in [0, 0.1) is 0 Å². The second kappa shape index (κ2) is 1.93. The Hall–Kier alpha value is -0.610. The van der Waals surface area contributed by atoms with Gasteiger partial charge in [0, 0.05) is 5.54 Å². The molecule has 2 unspecified atom stereocenters. The topological polar surface area (TPSA) is 69.6 Å². The first kappa shape index (κ1) is 7.50. The molecule has 3 N–H and O–H groups in total. The second-order valence-corrected chi connectivity index (χ2v) is 3.13. The first-order valence-corrected chi connectivity index (χ1v) is 3.14. The zero-order valence-electron chi connectivity index (χ0n) is 5.96. The molecule has 0 saturated carbocycles. The molecule has 10 heavy (non-hydrogen) atoms. The van der Waals surface area contributed by atoms with Crippen LogP contribution >= 0.6 is 0 Å². The molecular formula is C6H11NO3. The molecule has 58 valence electrons. The molecule has 0 aromatic carbocycles. The van der Waals surface area contributed by atoms with Crippen LogP contribution in [-0.4, -0.2) is 33.9 Å². The molecule has 1 rings (SSSR count). The van der Waals surface area contributed by atoms with Crippen molar-refractivity contribution in [1.82, 2.24) is 5.32 Å². The van der Waals surface area contributed by atoms with Crippen LogP contribution in [0.2, 0.25) is 0 Å². The van der Waals surface area contributed by atoms with E-state index in [0.29, 0.717) is 0 Å². The fourth-order valence-electron chi connectivity index (χ4n) is 1.08. The number of carboxylic acids is 1. The molecule has 0 radical (unpaired) electrons. The highest BCUT2D eigenvalue weighted by Gasteiger charge is 2.49. The minimum absolute atomic E-state index is 0.441. The number of carboxylic acid groups (broad SMARTS) is 1. The quantitative estimate of drug-likeness (QED) is 0.451. The number of aliphatic carboxylic acids is 1. The fraction of sp³-hybridized carbons (Fsp3) is 0.833. The molecule has 1 heterocycles. The highest BCUT2D eigenvalue weighted by atomic mass is 16.4. The first-order chi connectivity index (χ1) is 4.45. The molecule has 0 aromatic rings. The van der Waals surface area contributed by atoms with Crippen molar-refractivity contribution in [2.24, 2.45) is 0 Å². The van der Waals surface area contributed by atoms with Gasteiger partial charge < -0.3 is 10.2 Å². The van der Waals surface area contributed by atoms with Gasteiger partial charge in [-0.2, -0.15) is 0 Å². The van der Waals surface area contributed by atoms with Crippen molar-refractivity contribution in [3.63, 3.8) is 0 Å². The maximum absolute atomic E-state index is 10.3. The maximum atomic E-state index is 10.3. The van der Waals surface area contributed by atoms with Crippen LogP contribution in [0.5, 0.6) is 0 Å². The molecule has 0 aliphatic carbocycles. The maximum Gasteiger partial charge on any atom is 0.323 e. The Balaban J connectivity index is 2.55. The average molecular weight is 145 g/mol. The summed E-state index contributed by atoms with van der Waals surface area (Å²) in [6.07, 6.45) is -0.773. The molecular weight excluding hydrogens is 134 g/mol. The predicted molar refractivity (Wildman–Crippen MR) is 34.6 cm³/mol. The van der Waals surface area contributed by atoms with Gasteiger partial charge in [-0.3, -0.25) is 10.1 Å². The Labute approximate surface area is 58.9 Å². The van der Waals surface area contributed by atoms with Gasteiger partial charge in [-0.25, -0.2) is 0 Å². The summed E-state index contributed by atoms with van der Waals surface area (Å²) in [5.41, 5.74) is -0.441. The molecule has 0 spiro atoms. The lowest BCUT2D eigenvalue weighted by Crippen LogP contribution is -2.74. The van der Waals surface area contributed by atoms with Gasteiger partial charge >= 0.3 is 5.97 Å². The summed E-state index contributed by atoms with van der Waals surface area (Å²) in [5.74, 6) is -0.994. The van der Waals surface area contributed by atoms with Gasteiger partial charge in [0.1, 0.15) is 6.04 Å². The van der Waals surface area contributed by atoms with Crippen molar-refractivity contribution in [1.29, 1.82) is 0 Å². The van der Waals surface area contributed by atoms with Crippen molar-refractivity contribution in [3.05, 3.63) is 0 Å². The summed E-state index contributed by atoms with van der Waals surface area (Å²) in [6.45, 7) is 3.52. The van der Waals surface area contributed by atoms with E-state index in [1.165, 1.54) is 0 Å². The lowest BCUT2D eigenvalue weighted by Gasteiger charge is -2.47. The van der Waals surface area contributed by atoms with E-state index in [9.17, 15) is 4.79 Å². The van der Waals surface area contributed by atoms with Crippen molar-refractivity contribution < 1.29 is 15.0 Å². The van der Waals surface area contributed by atoms with Crippen molar-refractivity contribution in [3.8, 4) is 0 Å². The lowest BCUT2D eigenvalue weighted by atomic mass is 9.82. The van der Waals surface area contributed by atoms with Crippen LogP contribution in [0.25, 0.3) is 0 Å². The smallest absolute Gasteiger partial charge is 0.323 e. The number of hydrogen-bond acceptors (Lipinski definition) is 3. The Morgan fingerprint density at radius 3 is 2.20 bits per heavy atom. The zero-order valence-corrected chi connectivity index (χ0v) is 5.96. The van der Waals surface area contributed by atoms with E-state index >= 15 is 0 Å². The van der Waals surface area contributed by atoms with E-state index in [1.807, 2.05) is 0 Å². The van der Waals surface area contributed by atoms with E-state index < -0.39 is 23.7 Å². The molecule has 4 nitrogen and oxygen atoms in total. The third kappa shape index (κ3) is 0.892. The summed E-state index contributed by atoms with van der Waals surface area (Å²) in [7, 11) is 0. The lowest BCUT2D eigenvalue weighted by molar-refractivity contribution is -0.153. The van der Waals surface area contributed by atoms with E-state index in [4.69, 9.17) is 10.2 Å². The third-order valence-corrected chi connectivity index (χ3v) is 1.85. The number of hydrogen-bond donors (Lipinski definition) is 3. The molecule has 0 bridgehead atoms. The van der Waals surface area contributed by atoms with Gasteiger partial charge in [-0.1, -0.05) is 0 Å². The Morgan fingerprint density at radius 2 is 2.10 bits per heavy atom. The largest absolute Gasteiger partial charge is 0.480 e. The van der Waals surface area contributed by atoms with Crippen LogP contribution in [0.3, 0.4) is 0 Å². The van der Waals surface area contributed by atoms with Gasteiger partial charge in [-0.15, -0.1) is 0 Å². The van der Waals surface area contributed by atoms with Crippen LogP contribution in [0.15, 0.2) is 0 Å². The number of aliphatic hydroxyl groups excluding tert-OH is 1. The average Bonchev–Trinajstić information content (AvgIpc) is 1.82.